The van der Waals surface area contributed by atoms with Crippen LogP contribution in [0.2, 0.25) is 5.28 Å². The maximum absolute atomic E-state index is 15.8. The van der Waals surface area contributed by atoms with Gasteiger partial charge in [-0.3, -0.25) is 9.13 Å². The average molecular weight is 571 g/mol. The third-order valence-corrected chi connectivity index (χ3v) is 6.73. The number of imidazole rings is 2. The largest absolute Gasteiger partial charge is 0.454 e. The van der Waals surface area contributed by atoms with Crippen molar-refractivity contribution in [1.82, 2.24) is 39.0 Å². The molecule has 0 spiro atoms. The van der Waals surface area contributed by atoms with Crippen LogP contribution in [-0.2, 0) is 9.47 Å². The summed E-state index contributed by atoms with van der Waals surface area (Å²) in [6.45, 7) is -1.25. The second kappa shape index (κ2) is 9.57. The van der Waals surface area contributed by atoms with E-state index in [1.54, 1.807) is 0 Å². The Morgan fingerprint density at radius 3 is 2.05 bits per heavy atom. The van der Waals surface area contributed by atoms with Crippen LogP contribution in [0, 0.1) is 0 Å². The first-order valence-electron chi connectivity index (χ1n) is 11.5. The van der Waals surface area contributed by atoms with Crippen molar-refractivity contribution in [3.8, 4) is 6.01 Å². The Kier molecular flexibility index (Phi) is 6.31. The van der Waals surface area contributed by atoms with Gasteiger partial charge in [0.05, 0.1) is 25.9 Å². The lowest BCUT2D eigenvalue weighted by atomic mass is 10.1. The van der Waals surface area contributed by atoms with Crippen molar-refractivity contribution >= 4 is 45.6 Å². The Labute approximate surface area is 221 Å². The number of aliphatic hydroxyl groups excluding tert-OH is 3. The van der Waals surface area contributed by atoms with Crippen LogP contribution in [0.5, 0.6) is 6.01 Å². The number of hydrogen-bond donors (Lipinski definition) is 5. The van der Waals surface area contributed by atoms with Crippen LogP contribution in [0.1, 0.15) is 12.5 Å². The first-order valence-corrected chi connectivity index (χ1v) is 11.9. The van der Waals surface area contributed by atoms with E-state index in [0.717, 1.165) is 4.57 Å². The molecule has 8 atom stereocenters. The van der Waals surface area contributed by atoms with Gasteiger partial charge in [0.2, 0.25) is 5.28 Å². The molecule has 2 aliphatic heterocycles. The van der Waals surface area contributed by atoms with Gasteiger partial charge in [-0.2, -0.15) is 19.9 Å². The topological polar surface area (TPSA) is 228 Å². The van der Waals surface area contributed by atoms with Crippen LogP contribution in [0.25, 0.3) is 22.3 Å². The summed E-state index contributed by atoms with van der Waals surface area (Å²) in [6.07, 6.45) is -9.54. The van der Waals surface area contributed by atoms with Gasteiger partial charge in [-0.15, -0.1) is 0 Å². The Morgan fingerprint density at radius 1 is 0.872 bits per heavy atom. The van der Waals surface area contributed by atoms with Crippen LogP contribution in [0.15, 0.2) is 12.7 Å². The van der Waals surface area contributed by atoms with E-state index in [2.05, 4.69) is 29.9 Å². The highest BCUT2D eigenvalue weighted by Crippen LogP contribution is 2.37. The van der Waals surface area contributed by atoms with E-state index in [9.17, 15) is 19.7 Å². The maximum Gasteiger partial charge on any atom is 0.320 e. The third kappa shape index (κ3) is 4.07. The molecule has 19 heteroatoms. The highest BCUT2D eigenvalue weighted by Gasteiger charge is 2.49. The number of nitrogen functional groups attached to an aromatic ring is 2. The van der Waals surface area contributed by atoms with E-state index in [0.29, 0.717) is 0 Å². The highest BCUT2D eigenvalue weighted by molar-refractivity contribution is 6.28. The Bertz CT molecular complexity index is 1540. The summed E-state index contributed by atoms with van der Waals surface area (Å²) in [6, 6.07) is -0.421. The summed E-state index contributed by atoms with van der Waals surface area (Å²) in [5, 5.41) is 29.0. The van der Waals surface area contributed by atoms with E-state index >= 15 is 4.39 Å². The predicted molar refractivity (Wildman–Crippen MR) is 127 cm³/mol. The number of hydrogen-bond acceptors (Lipinski definition) is 14. The zero-order valence-electron chi connectivity index (χ0n) is 19.6. The first kappa shape index (κ1) is 25.7. The van der Waals surface area contributed by atoms with E-state index in [1.807, 2.05) is 0 Å². The summed E-state index contributed by atoms with van der Waals surface area (Å²) in [5.41, 5.74) is 12.1. The normalized spacial score (nSPS) is 31.0. The monoisotopic (exact) mass is 570 g/mol. The molecule has 2 fully saturated rings. The molecule has 0 bridgehead atoms. The molecule has 4 aromatic heterocycles. The second-order valence-electron chi connectivity index (χ2n) is 8.87. The Morgan fingerprint density at radius 2 is 1.44 bits per heavy atom. The first-order chi connectivity index (χ1) is 18.7. The molecule has 6 rings (SSSR count). The number of rotatable bonds is 6. The van der Waals surface area contributed by atoms with Crippen molar-refractivity contribution in [3.63, 3.8) is 0 Å². The van der Waals surface area contributed by atoms with Gasteiger partial charge < -0.3 is 41.0 Å². The standard InChI is InChI=1S/C20H21ClF2N10O6/c21-19-28-13(24)9-15(30-19)32(3-26-9)18-8(23)12(6(2-35)38-18)39-20-29-14(25)10-16(31-20)33(4-27-10)17-7(22)11(36)5(1-34)37-17/h3-8,11-12,17-18,34-36H,1-2H2,(H2,24,28,30)(H2,25,29,31)/t5-,6-,7+,8+,11-,12-,17+,18-/m1/s1. The molecule has 0 aromatic carbocycles. The van der Waals surface area contributed by atoms with Crippen LogP contribution >= 0.6 is 11.6 Å². The Hall–Kier alpha value is -3.55. The van der Waals surface area contributed by atoms with Gasteiger partial charge >= 0.3 is 6.01 Å². The van der Waals surface area contributed by atoms with Crippen molar-refractivity contribution in [1.29, 1.82) is 0 Å². The van der Waals surface area contributed by atoms with Gasteiger partial charge in [0.25, 0.3) is 0 Å². The summed E-state index contributed by atoms with van der Waals surface area (Å²) in [7, 11) is 0. The fraction of sp³-hybridized carbons (Fsp3) is 0.500. The molecule has 0 amide bonds. The molecular formula is C20H21ClF2N10O6. The number of aliphatic hydroxyl groups is 3. The molecular weight excluding hydrogens is 550 g/mol. The zero-order chi connectivity index (χ0) is 27.6. The van der Waals surface area contributed by atoms with Crippen LogP contribution in [-0.4, -0.2) is 104 Å². The number of aromatic nitrogens is 8. The molecule has 6 heterocycles. The quantitative estimate of drug-likeness (QED) is 0.176. The molecule has 2 saturated heterocycles. The minimum Gasteiger partial charge on any atom is -0.454 e. The maximum atomic E-state index is 15.8. The van der Waals surface area contributed by atoms with Crippen LogP contribution in [0.3, 0.4) is 0 Å². The number of halogens is 3. The van der Waals surface area contributed by atoms with Gasteiger partial charge in [-0.1, -0.05) is 0 Å². The number of ether oxygens (including phenoxy) is 3. The van der Waals surface area contributed by atoms with Crippen molar-refractivity contribution in [3.05, 3.63) is 17.9 Å². The minimum atomic E-state index is -1.92. The average Bonchev–Trinajstić information content (AvgIpc) is 3.65. The minimum absolute atomic E-state index is 0.0166. The van der Waals surface area contributed by atoms with Crippen molar-refractivity contribution in [2.75, 3.05) is 24.7 Å². The van der Waals surface area contributed by atoms with Gasteiger partial charge in [0.15, 0.2) is 59.3 Å². The molecule has 208 valence electrons. The summed E-state index contributed by atoms with van der Waals surface area (Å²) < 4.78 is 49.7. The lowest BCUT2D eigenvalue weighted by Gasteiger charge is -2.19. The number of nitrogens with zero attached hydrogens (tertiary/aromatic N) is 8. The molecule has 0 radical (unpaired) electrons. The van der Waals surface area contributed by atoms with Crippen molar-refractivity contribution in [2.45, 2.75) is 49.2 Å². The van der Waals surface area contributed by atoms with Crippen LogP contribution < -0.4 is 16.2 Å². The van der Waals surface area contributed by atoms with Gasteiger partial charge in [-0.25, -0.2) is 18.7 Å². The molecule has 0 aliphatic carbocycles. The summed E-state index contributed by atoms with van der Waals surface area (Å²) in [5.74, 6) is -0.188. The fourth-order valence-corrected chi connectivity index (χ4v) is 4.83. The molecule has 4 aromatic rings. The van der Waals surface area contributed by atoms with Gasteiger partial charge in [-0.05, 0) is 11.6 Å². The number of fused-ring (bicyclic) bond motifs is 2. The zero-order valence-corrected chi connectivity index (χ0v) is 20.4. The highest BCUT2D eigenvalue weighted by atomic mass is 35.5. The molecule has 0 saturated carbocycles. The second-order valence-corrected chi connectivity index (χ2v) is 9.21. The van der Waals surface area contributed by atoms with E-state index < -0.39 is 68.4 Å². The van der Waals surface area contributed by atoms with Gasteiger partial charge in [0, 0.05) is 0 Å². The number of nitrogens with two attached hydrogens (primary N) is 2. The molecule has 0 unspecified atom stereocenters. The third-order valence-electron chi connectivity index (χ3n) is 6.56. The molecule has 7 N–H and O–H groups in total. The van der Waals surface area contributed by atoms with E-state index in [-0.39, 0.29) is 39.2 Å². The summed E-state index contributed by atoms with van der Waals surface area (Å²) in [4.78, 5) is 24.2. The molecule has 39 heavy (non-hydrogen) atoms. The van der Waals surface area contributed by atoms with E-state index in [1.165, 1.54) is 17.2 Å². The van der Waals surface area contributed by atoms with Crippen molar-refractivity contribution in [2.24, 2.45) is 0 Å². The number of alkyl halides is 2. The lowest BCUT2D eigenvalue weighted by Crippen LogP contribution is -2.37. The fourth-order valence-electron chi connectivity index (χ4n) is 4.66. The summed E-state index contributed by atoms with van der Waals surface area (Å²) >= 11 is 5.90. The van der Waals surface area contributed by atoms with E-state index in [4.69, 9.17) is 37.3 Å². The lowest BCUT2D eigenvalue weighted by molar-refractivity contribution is -0.0461. The van der Waals surface area contributed by atoms with Crippen molar-refractivity contribution < 1.29 is 38.3 Å². The molecule has 2 aliphatic rings. The smallest absolute Gasteiger partial charge is 0.320 e. The van der Waals surface area contributed by atoms with Crippen LogP contribution in [0.4, 0.5) is 20.4 Å². The Balaban J connectivity index is 1.32. The van der Waals surface area contributed by atoms with Gasteiger partial charge in [0.1, 0.15) is 23.8 Å². The number of anilines is 2. The molecule has 16 nitrogen and oxygen atoms in total. The predicted octanol–water partition coefficient (Wildman–Crippen LogP) is -0.952. The SMILES string of the molecule is Nc1nc(Cl)nc2c1ncn2[C@@H]1O[C@H](CO)[C@@H](Oc2nc(N)c3ncn([C@H]4O[C@H](CO)[C@@H](O)[C@@H]4F)c3n2)[C@@H]1F.